The fraction of sp³-hybridized carbons (Fsp3) is 1.00. The number of hydrogen-bond acceptors (Lipinski definition) is 1. The van der Waals surface area contributed by atoms with Crippen molar-refractivity contribution in [1.29, 1.82) is 0 Å². The fourth-order valence-electron chi connectivity index (χ4n) is 6.27. The molecule has 0 spiro atoms. The van der Waals surface area contributed by atoms with E-state index >= 15 is 0 Å². The molecule has 0 unspecified atom stereocenters. The molecule has 0 atom stereocenters. The van der Waals surface area contributed by atoms with E-state index in [1.165, 1.54) is 219 Å². The Labute approximate surface area is 305 Å². The highest BCUT2D eigenvalue weighted by Crippen LogP contribution is 2.15. The fourth-order valence-corrected chi connectivity index (χ4v) is 6.27. The minimum Gasteiger partial charge on any atom is -1.00 e. The normalized spacial score (nSPS) is 11.5. The molecule has 0 aromatic heterocycles. The maximum Gasteiger partial charge on any atom is 0.0780 e. The quantitative estimate of drug-likeness (QED) is 0.0481. The predicted molar refractivity (Wildman–Crippen MR) is 207 cm³/mol. The molecule has 4 heteroatoms. The van der Waals surface area contributed by atoms with E-state index in [1.54, 1.807) is 0 Å². The van der Waals surface area contributed by atoms with Gasteiger partial charge in [-0.1, -0.05) is 194 Å². The Balaban J connectivity index is -0.000000367. The molecule has 0 bridgehead atoms. The van der Waals surface area contributed by atoms with E-state index < -0.39 is 0 Å². The van der Waals surface area contributed by atoms with Crippen LogP contribution in [-0.2, 0) is 0 Å². The topological polar surface area (TPSA) is 30.0 Å². The Hall–Kier alpha value is 0.360. The molecule has 0 aliphatic rings. The zero-order valence-electron chi connectivity index (χ0n) is 33.8. The number of halogens is 1. The van der Waals surface area contributed by atoms with Gasteiger partial charge in [0.1, 0.15) is 0 Å². The van der Waals surface area contributed by atoms with E-state index in [9.17, 15) is 0 Å². The summed E-state index contributed by atoms with van der Waals surface area (Å²) in [7, 11) is 13.8. The van der Waals surface area contributed by atoms with Gasteiger partial charge in [0.25, 0.3) is 0 Å². The van der Waals surface area contributed by atoms with Crippen molar-refractivity contribution in [3.8, 4) is 0 Å². The summed E-state index contributed by atoms with van der Waals surface area (Å²) in [5, 5.41) is 0. The summed E-state index contributed by atoms with van der Waals surface area (Å²) in [6.45, 7) is 7.26. The van der Waals surface area contributed by atoms with E-state index in [4.69, 9.17) is 0 Å². The Kier molecular flexibility index (Phi) is 48.0. The van der Waals surface area contributed by atoms with Crippen LogP contribution in [0.25, 0.3) is 0 Å². The second-order valence-corrected chi connectivity index (χ2v) is 16.6. The molecule has 284 valence electrons. The van der Waals surface area contributed by atoms with Crippen LogP contribution in [-0.4, -0.2) is 69.8 Å². The molecule has 0 aromatic rings. The van der Waals surface area contributed by atoms with Crippen LogP contribution in [0, 0.1) is 0 Å². The lowest BCUT2D eigenvalue weighted by Gasteiger charge is -2.23. The van der Waals surface area contributed by atoms with Crippen molar-refractivity contribution >= 4 is 0 Å². The number of rotatable bonds is 34. The molecule has 0 aromatic carbocycles. The number of unbranched alkanes of at least 4 members (excludes halogenated alkanes) is 30. The molecule has 0 saturated carbocycles. The molecular weight excluding hydrogens is 628 g/mol. The minimum atomic E-state index is 0. The molecule has 0 amide bonds. The highest BCUT2D eigenvalue weighted by atomic mass is 79.9. The first-order valence-corrected chi connectivity index (χ1v) is 20.7. The zero-order valence-corrected chi connectivity index (χ0v) is 35.3. The summed E-state index contributed by atoms with van der Waals surface area (Å²) in [5.41, 5.74) is 0. The van der Waals surface area contributed by atoms with Crippen molar-refractivity contribution in [3.63, 3.8) is 0 Å². The number of nitrogens with zero attached hydrogens (tertiary/aromatic N) is 2. The first-order chi connectivity index (χ1) is 21.1. The van der Waals surface area contributed by atoms with E-state index in [2.05, 4.69) is 56.1 Å². The van der Waals surface area contributed by atoms with Crippen molar-refractivity contribution in [2.75, 3.05) is 55.4 Å². The summed E-state index contributed by atoms with van der Waals surface area (Å²) in [4.78, 5) is 0. The summed E-state index contributed by atoms with van der Waals surface area (Å²) in [6.07, 6.45) is 46.7. The molecule has 3 nitrogen and oxygen atoms in total. The SMILES string of the molecule is CCCCCCCCCCCCCCCCCC[N+](C)(C)C.CCCCCCCCCCCCCCCCCC[N+](C)(C)C.[Br-].[OH-]. The van der Waals surface area contributed by atoms with Crippen molar-refractivity contribution in [2.45, 2.75) is 219 Å². The van der Waals surface area contributed by atoms with Gasteiger partial charge in [0.05, 0.1) is 55.4 Å². The Morgan fingerprint density at radius 3 is 0.500 bits per heavy atom. The lowest BCUT2D eigenvalue weighted by molar-refractivity contribution is -0.870. The summed E-state index contributed by atoms with van der Waals surface area (Å²) < 4.78 is 2.25. The van der Waals surface area contributed by atoms with Crippen LogP contribution in [0.15, 0.2) is 0 Å². The molecule has 0 saturated heterocycles. The highest BCUT2D eigenvalue weighted by molar-refractivity contribution is 4.51. The van der Waals surface area contributed by atoms with Crippen LogP contribution in [0.5, 0.6) is 0 Å². The lowest BCUT2D eigenvalue weighted by atomic mass is 10.0. The van der Waals surface area contributed by atoms with Crippen molar-refractivity contribution < 1.29 is 31.4 Å². The number of quaternary nitrogens is 2. The second kappa shape index (κ2) is 41.5. The third-order valence-electron chi connectivity index (χ3n) is 9.36. The minimum absolute atomic E-state index is 0. The first kappa shape index (κ1) is 53.2. The Morgan fingerprint density at radius 1 is 0.239 bits per heavy atom. The van der Waals surface area contributed by atoms with Crippen molar-refractivity contribution in [2.24, 2.45) is 0 Å². The van der Waals surface area contributed by atoms with Crippen LogP contribution in [0.4, 0.5) is 0 Å². The van der Waals surface area contributed by atoms with Gasteiger partial charge >= 0.3 is 0 Å². The third-order valence-corrected chi connectivity index (χ3v) is 9.36. The van der Waals surface area contributed by atoms with E-state index in [0.717, 1.165) is 8.97 Å². The molecule has 0 fully saturated rings. The van der Waals surface area contributed by atoms with Gasteiger partial charge in [-0.2, -0.15) is 0 Å². The van der Waals surface area contributed by atoms with Crippen molar-refractivity contribution in [1.82, 2.24) is 0 Å². The number of hydrogen-bond donors (Lipinski definition) is 0. The van der Waals surface area contributed by atoms with Gasteiger partial charge in [0, 0.05) is 0 Å². The molecule has 1 N–H and O–H groups in total. The lowest BCUT2D eigenvalue weighted by Crippen LogP contribution is -3.00. The average Bonchev–Trinajstić information content (AvgIpc) is 2.96. The van der Waals surface area contributed by atoms with Gasteiger partial charge in [0.2, 0.25) is 0 Å². The van der Waals surface area contributed by atoms with Gasteiger partial charge in [-0.25, -0.2) is 0 Å². The molecule has 0 radical (unpaired) electrons. The van der Waals surface area contributed by atoms with E-state index in [0.29, 0.717) is 0 Å². The Morgan fingerprint density at radius 2 is 0.370 bits per heavy atom. The molecule has 46 heavy (non-hydrogen) atoms. The molecule has 0 aliphatic heterocycles. The van der Waals surface area contributed by atoms with Crippen LogP contribution in [0.3, 0.4) is 0 Å². The summed E-state index contributed by atoms with van der Waals surface area (Å²) in [5.74, 6) is 0. The van der Waals surface area contributed by atoms with Gasteiger partial charge in [0.15, 0.2) is 0 Å². The van der Waals surface area contributed by atoms with Gasteiger partial charge in [-0.3, -0.25) is 0 Å². The highest BCUT2D eigenvalue weighted by Gasteiger charge is 2.06. The Bertz CT molecular complexity index is 469. The van der Waals surface area contributed by atoms with Crippen LogP contribution in [0.2, 0.25) is 0 Å². The van der Waals surface area contributed by atoms with Gasteiger partial charge < -0.3 is 31.4 Å². The first-order valence-electron chi connectivity index (χ1n) is 20.7. The summed E-state index contributed by atoms with van der Waals surface area (Å²) >= 11 is 0. The predicted octanol–water partition coefficient (Wildman–Crippen LogP) is 10.7. The van der Waals surface area contributed by atoms with Gasteiger partial charge in [-0.05, 0) is 25.7 Å². The molecule has 0 heterocycles. The van der Waals surface area contributed by atoms with E-state index in [1.807, 2.05) is 0 Å². The average molecular weight is 722 g/mol. The third kappa shape index (κ3) is 56.7. The maximum absolute atomic E-state index is 2.30. The smallest absolute Gasteiger partial charge is 0.0780 e. The van der Waals surface area contributed by atoms with Crippen LogP contribution in [0.1, 0.15) is 219 Å². The zero-order chi connectivity index (χ0) is 33.0. The van der Waals surface area contributed by atoms with Crippen LogP contribution >= 0.6 is 0 Å². The largest absolute Gasteiger partial charge is 1.00 e. The van der Waals surface area contributed by atoms with Gasteiger partial charge in [-0.15, -0.1) is 0 Å². The standard InChI is InChI=1S/2C21H46N.BrH.H2O/c2*1-5-6-7-8-9-10-11-12-13-14-15-16-17-18-19-20-21-22(2,3)4;;/h2*5-21H2,1-4H3;1H;1H2/q2*+1;;/p-2. The maximum atomic E-state index is 2.30. The summed E-state index contributed by atoms with van der Waals surface area (Å²) in [6, 6.07) is 0. The van der Waals surface area contributed by atoms with Crippen molar-refractivity contribution in [3.05, 3.63) is 0 Å². The monoisotopic (exact) mass is 721 g/mol. The van der Waals surface area contributed by atoms with Crippen LogP contribution < -0.4 is 17.0 Å². The molecule has 0 aliphatic carbocycles. The molecule has 0 rings (SSSR count). The second-order valence-electron chi connectivity index (χ2n) is 16.6. The molecular formula is C42H93BrN2O. The van der Waals surface area contributed by atoms with E-state index in [-0.39, 0.29) is 22.5 Å².